The van der Waals surface area contributed by atoms with Crippen molar-refractivity contribution in [3.8, 4) is 39.5 Å². The standard InChI is InChI=1S/C42H48Cl2N8O6/c1-42(2,3)58-41(56)51(23-26-14-18-36(54)47-26)22-25-13-15-33(48-40(25)57-6)31-11-7-9-29(38(31)43)30-10-8-12-32(39(30)44)34-16-17-35-46-27(24-52(35)49-34)20-45-21-28(53)19-37(55)50(4)5/h7-13,15-17,24,26,28,45,53H,14,18-23H2,1-6H3,(H,47,54)/t26-,28-/m0/s1. The summed E-state index contributed by atoms with van der Waals surface area (Å²) < 4.78 is 13.1. The summed E-state index contributed by atoms with van der Waals surface area (Å²) in [5.74, 6) is 0.134. The Morgan fingerprint density at radius 2 is 1.64 bits per heavy atom. The monoisotopic (exact) mass is 830 g/mol. The second-order valence-electron chi connectivity index (χ2n) is 15.4. The lowest BCUT2D eigenvalue weighted by atomic mass is 9.98. The summed E-state index contributed by atoms with van der Waals surface area (Å²) in [6, 6.07) is 18.5. The topological polar surface area (TPSA) is 164 Å². The van der Waals surface area contributed by atoms with Gasteiger partial charge >= 0.3 is 6.09 Å². The summed E-state index contributed by atoms with van der Waals surface area (Å²) in [6.45, 7) is 6.47. The molecule has 3 amide bonds. The van der Waals surface area contributed by atoms with Crippen molar-refractivity contribution in [3.63, 3.8) is 0 Å². The van der Waals surface area contributed by atoms with Crippen molar-refractivity contribution in [3.05, 3.63) is 88.2 Å². The molecule has 1 aliphatic heterocycles. The number of amides is 3. The average molecular weight is 832 g/mol. The first-order valence-corrected chi connectivity index (χ1v) is 19.7. The third-order valence-corrected chi connectivity index (χ3v) is 10.3. The van der Waals surface area contributed by atoms with E-state index in [2.05, 4.69) is 15.6 Å². The number of carbonyl (C=O) groups is 3. The summed E-state index contributed by atoms with van der Waals surface area (Å²) in [5.41, 5.74) is 5.22. The number of nitrogens with one attached hydrogen (secondary N) is 2. The molecule has 1 fully saturated rings. The fourth-order valence-corrected chi connectivity index (χ4v) is 7.24. The van der Waals surface area contributed by atoms with E-state index >= 15 is 0 Å². The average Bonchev–Trinajstić information content (AvgIpc) is 3.78. The summed E-state index contributed by atoms with van der Waals surface area (Å²) in [6.07, 6.45) is 1.56. The Kier molecular flexibility index (Phi) is 13.2. The van der Waals surface area contributed by atoms with E-state index in [4.69, 9.17) is 42.8 Å². The lowest BCUT2D eigenvalue weighted by molar-refractivity contribution is -0.130. The van der Waals surface area contributed by atoms with E-state index in [1.54, 1.807) is 50.5 Å². The number of aliphatic hydroxyl groups excluding tert-OH is 1. The molecule has 16 heteroatoms. The quantitative estimate of drug-likeness (QED) is 0.114. The number of hydrogen-bond donors (Lipinski definition) is 3. The number of aromatic nitrogens is 4. The summed E-state index contributed by atoms with van der Waals surface area (Å²) in [7, 11) is 4.83. The number of methoxy groups -OCH3 is 1. The van der Waals surface area contributed by atoms with Gasteiger partial charge in [-0.15, -0.1) is 0 Å². The van der Waals surface area contributed by atoms with Gasteiger partial charge in [0, 0.05) is 74.0 Å². The minimum atomic E-state index is -0.812. The first-order chi connectivity index (χ1) is 27.6. The second kappa shape index (κ2) is 18.1. The third-order valence-electron chi connectivity index (χ3n) is 9.48. The van der Waals surface area contributed by atoms with Crippen molar-refractivity contribution in [1.82, 2.24) is 40.0 Å². The van der Waals surface area contributed by atoms with Crippen LogP contribution in [0.3, 0.4) is 0 Å². The highest BCUT2D eigenvalue weighted by Crippen LogP contribution is 2.42. The van der Waals surface area contributed by atoms with Crippen LogP contribution < -0.4 is 15.4 Å². The van der Waals surface area contributed by atoms with Crippen LogP contribution in [0.25, 0.3) is 39.3 Å². The fraction of sp³-hybridized carbons (Fsp3) is 0.381. The zero-order valence-electron chi connectivity index (χ0n) is 33.4. The molecule has 0 aliphatic carbocycles. The number of carbonyl (C=O) groups excluding carboxylic acids is 3. The number of rotatable bonds is 14. The van der Waals surface area contributed by atoms with E-state index < -0.39 is 17.8 Å². The van der Waals surface area contributed by atoms with Crippen LogP contribution in [0.5, 0.6) is 5.88 Å². The van der Waals surface area contributed by atoms with Gasteiger partial charge in [-0.1, -0.05) is 59.6 Å². The van der Waals surface area contributed by atoms with Crippen LogP contribution in [-0.2, 0) is 27.4 Å². The molecular formula is C42H48Cl2N8O6. The molecule has 58 heavy (non-hydrogen) atoms. The molecule has 2 atom stereocenters. The fourth-order valence-electron chi connectivity index (χ4n) is 6.59. The zero-order valence-corrected chi connectivity index (χ0v) is 34.9. The maximum Gasteiger partial charge on any atom is 0.410 e. The molecule has 3 aromatic heterocycles. The first kappa shape index (κ1) is 42.3. The number of imidazole rings is 1. The molecule has 4 heterocycles. The highest BCUT2D eigenvalue weighted by Gasteiger charge is 2.29. The van der Waals surface area contributed by atoms with Gasteiger partial charge in [-0.05, 0) is 51.5 Å². The smallest absolute Gasteiger partial charge is 0.410 e. The van der Waals surface area contributed by atoms with Crippen LogP contribution in [0.2, 0.25) is 10.0 Å². The molecular weight excluding hydrogens is 783 g/mol. The SMILES string of the molecule is COc1nc(-c2cccc(-c3cccc(-c4ccc5nc(CNC[C@@H](O)CC(=O)N(C)C)cn5n4)c3Cl)c2Cl)ccc1CN(C[C@@H]1CCC(=O)N1)C(=O)OC(C)(C)C. The molecule has 1 aliphatic rings. The minimum Gasteiger partial charge on any atom is -0.481 e. The molecule has 0 saturated carbocycles. The normalized spacial score (nSPS) is 14.6. The Balaban J connectivity index is 1.22. The van der Waals surface area contributed by atoms with Crippen molar-refractivity contribution in [1.29, 1.82) is 0 Å². The Morgan fingerprint density at radius 1 is 0.983 bits per heavy atom. The number of nitrogens with zero attached hydrogens (tertiary/aromatic N) is 6. The molecule has 6 rings (SSSR count). The minimum absolute atomic E-state index is 0.0344. The van der Waals surface area contributed by atoms with Crippen LogP contribution in [0.15, 0.2) is 66.9 Å². The molecule has 1 saturated heterocycles. The lowest BCUT2D eigenvalue weighted by Gasteiger charge is -2.29. The van der Waals surface area contributed by atoms with Gasteiger partial charge in [0.25, 0.3) is 0 Å². The molecule has 14 nitrogen and oxygen atoms in total. The predicted molar refractivity (Wildman–Crippen MR) is 222 cm³/mol. The summed E-state index contributed by atoms with van der Waals surface area (Å²) in [4.78, 5) is 49.6. The van der Waals surface area contributed by atoms with Crippen molar-refractivity contribution in [2.75, 3.05) is 34.3 Å². The van der Waals surface area contributed by atoms with E-state index in [1.807, 2.05) is 60.7 Å². The molecule has 5 aromatic rings. The number of halogens is 2. The van der Waals surface area contributed by atoms with Gasteiger partial charge in [0.1, 0.15) is 5.60 Å². The maximum atomic E-state index is 13.3. The number of benzene rings is 2. The molecule has 0 bridgehead atoms. The largest absolute Gasteiger partial charge is 0.481 e. The number of pyridine rings is 1. The van der Waals surface area contributed by atoms with Crippen LogP contribution in [0, 0.1) is 0 Å². The van der Waals surface area contributed by atoms with Crippen LogP contribution in [-0.4, -0.2) is 104 Å². The van der Waals surface area contributed by atoms with E-state index in [0.29, 0.717) is 80.2 Å². The highest BCUT2D eigenvalue weighted by molar-refractivity contribution is 6.39. The van der Waals surface area contributed by atoms with E-state index in [-0.39, 0.29) is 43.9 Å². The predicted octanol–water partition coefficient (Wildman–Crippen LogP) is 6.39. The molecule has 3 N–H and O–H groups in total. The Hall–Kier alpha value is -5.28. The van der Waals surface area contributed by atoms with Crippen LogP contribution in [0.4, 0.5) is 4.79 Å². The highest BCUT2D eigenvalue weighted by atomic mass is 35.5. The summed E-state index contributed by atoms with van der Waals surface area (Å²) >= 11 is 14.3. The van der Waals surface area contributed by atoms with E-state index in [9.17, 15) is 19.5 Å². The van der Waals surface area contributed by atoms with E-state index in [0.717, 1.165) is 5.69 Å². The molecule has 306 valence electrons. The third kappa shape index (κ3) is 10.2. The summed E-state index contributed by atoms with van der Waals surface area (Å²) in [5, 5.41) is 22.0. The van der Waals surface area contributed by atoms with Gasteiger partial charge in [-0.3, -0.25) is 9.59 Å². The number of ether oxygens (including phenoxy) is 2. The Bertz CT molecular complexity index is 2310. The van der Waals surface area contributed by atoms with Crippen molar-refractivity contribution in [2.45, 2.75) is 70.9 Å². The van der Waals surface area contributed by atoms with Crippen molar-refractivity contribution in [2.24, 2.45) is 0 Å². The Morgan fingerprint density at radius 3 is 2.26 bits per heavy atom. The van der Waals surface area contributed by atoms with Gasteiger partial charge in [-0.2, -0.15) is 5.10 Å². The molecule has 0 spiro atoms. The van der Waals surface area contributed by atoms with Gasteiger partial charge in [0.05, 0.1) is 59.5 Å². The molecule has 2 aromatic carbocycles. The molecule has 0 radical (unpaired) electrons. The Labute approximate surface area is 347 Å². The van der Waals surface area contributed by atoms with Crippen LogP contribution in [0.1, 0.15) is 51.3 Å². The van der Waals surface area contributed by atoms with Crippen molar-refractivity contribution < 1.29 is 29.0 Å². The van der Waals surface area contributed by atoms with Crippen molar-refractivity contribution >= 4 is 46.8 Å². The number of aliphatic hydroxyl groups is 1. The van der Waals surface area contributed by atoms with Gasteiger partial charge < -0.3 is 35.0 Å². The zero-order chi connectivity index (χ0) is 41.7. The van der Waals surface area contributed by atoms with Gasteiger partial charge in [0.2, 0.25) is 17.7 Å². The lowest BCUT2D eigenvalue weighted by Crippen LogP contribution is -2.43. The van der Waals surface area contributed by atoms with Gasteiger partial charge in [0.15, 0.2) is 5.65 Å². The number of fused-ring (bicyclic) bond motifs is 1. The first-order valence-electron chi connectivity index (χ1n) is 18.9. The van der Waals surface area contributed by atoms with Gasteiger partial charge in [-0.25, -0.2) is 19.3 Å². The number of hydrogen-bond acceptors (Lipinski definition) is 10. The molecule has 0 unspecified atom stereocenters. The van der Waals surface area contributed by atoms with E-state index in [1.165, 1.54) is 12.0 Å². The van der Waals surface area contributed by atoms with Crippen LogP contribution >= 0.6 is 23.2 Å². The maximum absolute atomic E-state index is 13.3. The second-order valence-corrected chi connectivity index (χ2v) is 16.1.